The highest BCUT2D eigenvalue weighted by molar-refractivity contribution is 6.14. The molecule has 4 heteroatoms. The Labute approximate surface area is 102 Å². The van der Waals surface area contributed by atoms with E-state index in [1.165, 1.54) is 36.4 Å². The van der Waals surface area contributed by atoms with E-state index in [0.717, 1.165) is 12.1 Å². The zero-order valence-corrected chi connectivity index (χ0v) is 9.19. The van der Waals surface area contributed by atoms with Crippen molar-refractivity contribution >= 4 is 11.8 Å². The van der Waals surface area contributed by atoms with E-state index >= 15 is 0 Å². The van der Waals surface area contributed by atoms with Crippen LogP contribution in [0.2, 0.25) is 0 Å². The standard InChI is InChI=1S/C14H8F2O2/c15-10-7-5-9(6-8-10)13(17)11-3-1-2-4-12(11)14(16)18/h1-8H. The van der Waals surface area contributed by atoms with E-state index in [0.29, 0.717) is 0 Å². The van der Waals surface area contributed by atoms with E-state index in [9.17, 15) is 18.4 Å². The lowest BCUT2D eigenvalue weighted by Gasteiger charge is -2.04. The number of hydrogen-bond acceptors (Lipinski definition) is 2. The molecule has 0 amide bonds. The first-order valence-corrected chi connectivity index (χ1v) is 5.18. The summed E-state index contributed by atoms with van der Waals surface area (Å²) in [4.78, 5) is 22.8. The van der Waals surface area contributed by atoms with Gasteiger partial charge in [-0.15, -0.1) is 0 Å². The van der Waals surface area contributed by atoms with E-state index in [4.69, 9.17) is 0 Å². The van der Waals surface area contributed by atoms with Gasteiger partial charge in [0, 0.05) is 11.1 Å². The van der Waals surface area contributed by atoms with Crippen LogP contribution in [0.5, 0.6) is 0 Å². The molecule has 2 rings (SSSR count). The topological polar surface area (TPSA) is 34.1 Å². The predicted octanol–water partition coefficient (Wildman–Crippen LogP) is 3.17. The van der Waals surface area contributed by atoms with Gasteiger partial charge in [0.25, 0.3) is 0 Å². The minimum Gasteiger partial charge on any atom is -0.289 e. The summed E-state index contributed by atoms with van der Waals surface area (Å²) in [5, 5.41) is 0. The number of rotatable bonds is 3. The fraction of sp³-hybridized carbons (Fsp3) is 0. The van der Waals surface area contributed by atoms with E-state index in [1.807, 2.05) is 0 Å². The molecule has 0 unspecified atom stereocenters. The molecular weight excluding hydrogens is 238 g/mol. The van der Waals surface area contributed by atoms with Crippen LogP contribution in [0.15, 0.2) is 48.5 Å². The Kier molecular flexibility index (Phi) is 3.28. The highest BCUT2D eigenvalue weighted by Crippen LogP contribution is 2.16. The van der Waals surface area contributed by atoms with Gasteiger partial charge >= 0.3 is 6.04 Å². The smallest absolute Gasteiger partial charge is 0.289 e. The van der Waals surface area contributed by atoms with Crippen molar-refractivity contribution in [2.24, 2.45) is 0 Å². The molecule has 0 atom stereocenters. The minimum atomic E-state index is -1.67. The van der Waals surface area contributed by atoms with Crippen LogP contribution in [0.25, 0.3) is 0 Å². The van der Waals surface area contributed by atoms with Crippen molar-refractivity contribution < 1.29 is 18.4 Å². The van der Waals surface area contributed by atoms with Crippen molar-refractivity contribution in [3.05, 3.63) is 71.0 Å². The summed E-state index contributed by atoms with van der Waals surface area (Å²) in [5.41, 5.74) is -0.117. The lowest BCUT2D eigenvalue weighted by molar-refractivity contribution is 0.0830. The summed E-state index contributed by atoms with van der Waals surface area (Å²) in [6.45, 7) is 0. The molecule has 18 heavy (non-hydrogen) atoms. The molecule has 90 valence electrons. The van der Waals surface area contributed by atoms with Gasteiger partial charge in [0.2, 0.25) is 0 Å². The number of carbonyl (C=O) groups excluding carboxylic acids is 2. The Morgan fingerprint density at radius 1 is 0.833 bits per heavy atom. The number of benzene rings is 2. The third-order valence-corrected chi connectivity index (χ3v) is 2.49. The maximum absolute atomic E-state index is 12.8. The molecule has 0 saturated heterocycles. The normalized spacial score (nSPS) is 10.1. The first-order valence-electron chi connectivity index (χ1n) is 5.18. The van der Waals surface area contributed by atoms with Gasteiger partial charge in [0.1, 0.15) is 5.82 Å². The van der Waals surface area contributed by atoms with Crippen LogP contribution in [0.3, 0.4) is 0 Å². The Hall–Kier alpha value is -2.36. The van der Waals surface area contributed by atoms with E-state index < -0.39 is 17.6 Å². The molecule has 0 bridgehead atoms. The van der Waals surface area contributed by atoms with Gasteiger partial charge in [-0.05, 0) is 30.3 Å². The maximum atomic E-state index is 12.8. The molecule has 0 aromatic heterocycles. The highest BCUT2D eigenvalue weighted by atomic mass is 19.1. The summed E-state index contributed by atoms with van der Waals surface area (Å²) in [6.07, 6.45) is 0. The second-order valence-electron chi connectivity index (χ2n) is 3.66. The fourth-order valence-electron chi connectivity index (χ4n) is 1.61. The monoisotopic (exact) mass is 246 g/mol. The zero-order chi connectivity index (χ0) is 13.1. The Morgan fingerprint density at radius 3 is 1.94 bits per heavy atom. The van der Waals surface area contributed by atoms with E-state index in [-0.39, 0.29) is 16.7 Å². The molecule has 0 spiro atoms. The molecule has 0 radical (unpaired) electrons. The zero-order valence-electron chi connectivity index (χ0n) is 9.19. The van der Waals surface area contributed by atoms with Gasteiger partial charge in [0.15, 0.2) is 5.78 Å². The molecule has 2 aromatic carbocycles. The van der Waals surface area contributed by atoms with Crippen molar-refractivity contribution in [1.82, 2.24) is 0 Å². The number of hydrogen-bond donors (Lipinski definition) is 0. The van der Waals surface area contributed by atoms with Crippen LogP contribution >= 0.6 is 0 Å². The third-order valence-electron chi connectivity index (χ3n) is 2.49. The number of carbonyl (C=O) groups is 2. The second-order valence-corrected chi connectivity index (χ2v) is 3.66. The van der Waals surface area contributed by atoms with Gasteiger partial charge < -0.3 is 0 Å². The fourth-order valence-corrected chi connectivity index (χ4v) is 1.61. The summed E-state index contributed by atoms with van der Waals surface area (Å²) in [5.74, 6) is -0.988. The van der Waals surface area contributed by atoms with Crippen LogP contribution in [0.4, 0.5) is 8.78 Å². The molecule has 2 nitrogen and oxygen atoms in total. The van der Waals surface area contributed by atoms with Crippen LogP contribution in [-0.4, -0.2) is 11.8 Å². The second kappa shape index (κ2) is 4.87. The summed E-state index contributed by atoms with van der Waals surface area (Å²) >= 11 is 0. The first kappa shape index (κ1) is 12.1. The van der Waals surface area contributed by atoms with Gasteiger partial charge in [-0.1, -0.05) is 18.2 Å². The van der Waals surface area contributed by atoms with Crippen molar-refractivity contribution in [2.75, 3.05) is 0 Å². The maximum Gasteiger partial charge on any atom is 0.332 e. The van der Waals surface area contributed by atoms with Crippen LogP contribution in [0.1, 0.15) is 26.3 Å². The SMILES string of the molecule is O=C(F)c1ccccc1C(=O)c1ccc(F)cc1. The lowest BCUT2D eigenvalue weighted by atomic mass is 9.99. The van der Waals surface area contributed by atoms with Crippen LogP contribution in [-0.2, 0) is 0 Å². The van der Waals surface area contributed by atoms with E-state index in [2.05, 4.69) is 0 Å². The van der Waals surface area contributed by atoms with Crippen LogP contribution in [0, 0.1) is 5.82 Å². The van der Waals surface area contributed by atoms with Crippen LogP contribution < -0.4 is 0 Å². The predicted molar refractivity (Wildman–Crippen MR) is 61.7 cm³/mol. The Morgan fingerprint density at radius 2 is 1.39 bits per heavy atom. The number of ketones is 1. The van der Waals surface area contributed by atoms with Gasteiger partial charge in [-0.2, -0.15) is 4.39 Å². The van der Waals surface area contributed by atoms with E-state index in [1.54, 1.807) is 0 Å². The molecule has 0 heterocycles. The molecule has 2 aromatic rings. The summed E-state index contributed by atoms with van der Waals surface area (Å²) in [7, 11) is 0. The van der Waals surface area contributed by atoms with Crippen molar-refractivity contribution in [2.45, 2.75) is 0 Å². The molecule has 0 aliphatic carbocycles. The Balaban J connectivity index is 2.46. The highest BCUT2D eigenvalue weighted by Gasteiger charge is 2.17. The summed E-state index contributed by atoms with van der Waals surface area (Å²) in [6, 6.07) is 8.77. The molecule has 0 saturated carbocycles. The lowest BCUT2D eigenvalue weighted by Crippen LogP contribution is -2.07. The average Bonchev–Trinajstić information content (AvgIpc) is 2.39. The molecule has 0 aliphatic rings. The van der Waals surface area contributed by atoms with Crippen molar-refractivity contribution in [3.8, 4) is 0 Å². The molecule has 0 aliphatic heterocycles. The summed E-state index contributed by atoms with van der Waals surface area (Å²) < 4.78 is 25.5. The Bertz CT molecular complexity index is 603. The largest absolute Gasteiger partial charge is 0.332 e. The first-order chi connectivity index (χ1) is 8.59. The molecule has 0 fully saturated rings. The molecule has 0 N–H and O–H groups in total. The molecular formula is C14H8F2O2. The number of halogens is 2. The third kappa shape index (κ3) is 2.32. The van der Waals surface area contributed by atoms with Gasteiger partial charge in [-0.3, -0.25) is 9.59 Å². The van der Waals surface area contributed by atoms with Crippen molar-refractivity contribution in [1.29, 1.82) is 0 Å². The van der Waals surface area contributed by atoms with Crippen molar-refractivity contribution in [3.63, 3.8) is 0 Å². The van der Waals surface area contributed by atoms with Gasteiger partial charge in [0.05, 0.1) is 5.56 Å². The minimum absolute atomic E-state index is 0.0309. The average molecular weight is 246 g/mol. The van der Waals surface area contributed by atoms with Gasteiger partial charge in [-0.25, -0.2) is 4.39 Å². The quantitative estimate of drug-likeness (QED) is 0.615.